The average molecular weight is 451 g/mol. The van der Waals surface area contributed by atoms with Gasteiger partial charge in [0.2, 0.25) is 0 Å². The number of halogens is 2. The number of imide groups is 1. The van der Waals surface area contributed by atoms with E-state index in [4.69, 9.17) is 16.3 Å². The summed E-state index contributed by atoms with van der Waals surface area (Å²) in [6.07, 6.45) is 0. The summed E-state index contributed by atoms with van der Waals surface area (Å²) in [7, 11) is 0. The molecule has 2 amide bonds. The van der Waals surface area contributed by atoms with E-state index in [1.807, 2.05) is 6.92 Å². The van der Waals surface area contributed by atoms with Crippen molar-refractivity contribution in [2.75, 3.05) is 16.8 Å². The first-order valence-corrected chi connectivity index (χ1v) is 10.4. The van der Waals surface area contributed by atoms with E-state index in [9.17, 15) is 14.0 Å². The van der Waals surface area contributed by atoms with Crippen LogP contribution in [-0.4, -0.2) is 18.4 Å². The molecule has 0 atom stereocenters. The molecule has 4 rings (SSSR count). The summed E-state index contributed by atoms with van der Waals surface area (Å²) in [4.78, 5) is 28.1. The molecular formula is C25H20ClFN2O3. The van der Waals surface area contributed by atoms with Gasteiger partial charge in [-0.05, 0) is 61.4 Å². The van der Waals surface area contributed by atoms with Gasteiger partial charge in [0, 0.05) is 16.8 Å². The highest BCUT2D eigenvalue weighted by Crippen LogP contribution is 2.37. The summed E-state index contributed by atoms with van der Waals surface area (Å²) in [6, 6.07) is 17.6. The highest BCUT2D eigenvalue weighted by molar-refractivity contribution is 6.46. The Morgan fingerprint density at radius 1 is 1.00 bits per heavy atom. The average Bonchev–Trinajstić information content (AvgIpc) is 3.01. The van der Waals surface area contributed by atoms with Crippen molar-refractivity contribution in [2.45, 2.75) is 13.8 Å². The minimum absolute atomic E-state index is 0.0923. The third-order valence-electron chi connectivity index (χ3n) is 5.11. The molecule has 1 aliphatic heterocycles. The zero-order valence-corrected chi connectivity index (χ0v) is 18.2. The van der Waals surface area contributed by atoms with Crippen LogP contribution in [0.3, 0.4) is 0 Å². The first-order valence-electron chi connectivity index (χ1n) is 10.0. The van der Waals surface area contributed by atoms with Crippen molar-refractivity contribution >= 4 is 40.4 Å². The third-order valence-corrected chi connectivity index (χ3v) is 5.52. The van der Waals surface area contributed by atoms with Crippen LogP contribution in [0.1, 0.15) is 18.1 Å². The fourth-order valence-corrected chi connectivity index (χ4v) is 3.73. The van der Waals surface area contributed by atoms with Gasteiger partial charge in [-0.2, -0.15) is 0 Å². The second-order valence-corrected chi connectivity index (χ2v) is 7.58. The molecule has 0 radical (unpaired) electrons. The number of benzene rings is 3. The lowest BCUT2D eigenvalue weighted by molar-refractivity contribution is -0.120. The first-order chi connectivity index (χ1) is 15.4. The summed E-state index contributed by atoms with van der Waals surface area (Å²) in [5.74, 6) is -0.856. The van der Waals surface area contributed by atoms with Gasteiger partial charge < -0.3 is 10.1 Å². The summed E-state index contributed by atoms with van der Waals surface area (Å²) >= 11 is 6.24. The molecule has 0 aromatic heterocycles. The number of carbonyl (C=O) groups is 2. The second kappa shape index (κ2) is 8.85. The van der Waals surface area contributed by atoms with Crippen LogP contribution in [0.5, 0.6) is 5.75 Å². The standard InChI is InChI=1S/C25H20ClFN2O3/c1-3-32-19-7-4-6-18(14-19)28-23-22(16-10-12-17(27)13-11-16)24(30)29(25(23)31)21-9-5-8-20(26)15(21)2/h4-14,28H,3H2,1-2H3. The number of carbonyl (C=O) groups excluding carboxylic acids is 2. The number of ether oxygens (including phenoxy) is 1. The van der Waals surface area contributed by atoms with Crippen molar-refractivity contribution in [1.29, 1.82) is 0 Å². The van der Waals surface area contributed by atoms with Gasteiger partial charge in [0.1, 0.15) is 17.3 Å². The summed E-state index contributed by atoms with van der Waals surface area (Å²) in [5, 5.41) is 3.52. The van der Waals surface area contributed by atoms with Gasteiger partial charge in [-0.25, -0.2) is 9.29 Å². The highest BCUT2D eigenvalue weighted by atomic mass is 35.5. The predicted molar refractivity (Wildman–Crippen MR) is 123 cm³/mol. The molecule has 1 aliphatic rings. The van der Waals surface area contributed by atoms with Gasteiger partial charge in [0.25, 0.3) is 11.8 Å². The molecule has 7 heteroatoms. The molecule has 3 aromatic rings. The van der Waals surface area contributed by atoms with E-state index in [2.05, 4.69) is 5.32 Å². The maximum absolute atomic E-state index is 13.5. The smallest absolute Gasteiger partial charge is 0.282 e. The lowest BCUT2D eigenvalue weighted by atomic mass is 10.0. The Morgan fingerprint density at radius 2 is 1.72 bits per heavy atom. The van der Waals surface area contributed by atoms with Crippen LogP contribution in [0.4, 0.5) is 15.8 Å². The molecule has 0 spiro atoms. The Labute approximate surface area is 190 Å². The molecule has 3 aromatic carbocycles. The Bertz CT molecular complexity index is 1240. The lowest BCUT2D eigenvalue weighted by Crippen LogP contribution is -2.33. The first kappa shape index (κ1) is 21.6. The van der Waals surface area contributed by atoms with E-state index < -0.39 is 17.6 Å². The highest BCUT2D eigenvalue weighted by Gasteiger charge is 2.41. The topological polar surface area (TPSA) is 58.6 Å². The monoisotopic (exact) mass is 450 g/mol. The van der Waals surface area contributed by atoms with Crippen molar-refractivity contribution in [3.05, 3.63) is 94.4 Å². The van der Waals surface area contributed by atoms with Gasteiger partial charge in [-0.3, -0.25) is 9.59 Å². The number of hydrogen-bond donors (Lipinski definition) is 1. The molecule has 0 bridgehead atoms. The number of hydrogen-bond acceptors (Lipinski definition) is 4. The number of rotatable bonds is 6. The van der Waals surface area contributed by atoms with Crippen molar-refractivity contribution in [3.63, 3.8) is 0 Å². The largest absolute Gasteiger partial charge is 0.494 e. The predicted octanol–water partition coefficient (Wildman–Crippen LogP) is 5.58. The maximum atomic E-state index is 13.5. The van der Waals surface area contributed by atoms with E-state index in [0.717, 1.165) is 4.90 Å². The van der Waals surface area contributed by atoms with Crippen molar-refractivity contribution < 1.29 is 18.7 Å². The minimum atomic E-state index is -0.526. The zero-order valence-electron chi connectivity index (χ0n) is 17.5. The molecule has 5 nitrogen and oxygen atoms in total. The lowest BCUT2D eigenvalue weighted by Gasteiger charge is -2.18. The number of amides is 2. The van der Waals surface area contributed by atoms with Crippen LogP contribution in [0.2, 0.25) is 5.02 Å². The van der Waals surface area contributed by atoms with Crippen LogP contribution in [-0.2, 0) is 9.59 Å². The van der Waals surface area contributed by atoms with Crippen molar-refractivity contribution in [3.8, 4) is 5.75 Å². The van der Waals surface area contributed by atoms with Gasteiger partial charge >= 0.3 is 0 Å². The number of anilines is 2. The quantitative estimate of drug-likeness (QED) is 0.498. The molecule has 1 N–H and O–H groups in total. The van der Waals surface area contributed by atoms with Gasteiger partial charge in [-0.15, -0.1) is 0 Å². The summed E-state index contributed by atoms with van der Waals surface area (Å²) < 4.78 is 19.1. The van der Waals surface area contributed by atoms with Crippen LogP contribution >= 0.6 is 11.6 Å². The Morgan fingerprint density at radius 3 is 2.44 bits per heavy atom. The number of nitrogens with zero attached hydrogens (tertiary/aromatic N) is 1. The van der Waals surface area contributed by atoms with Crippen LogP contribution < -0.4 is 15.0 Å². The molecule has 0 saturated heterocycles. The third kappa shape index (κ3) is 3.97. The molecule has 162 valence electrons. The maximum Gasteiger partial charge on any atom is 0.282 e. The van der Waals surface area contributed by atoms with E-state index >= 15 is 0 Å². The van der Waals surface area contributed by atoms with E-state index in [-0.39, 0.29) is 11.3 Å². The van der Waals surface area contributed by atoms with Gasteiger partial charge in [0.15, 0.2) is 0 Å². The molecule has 0 fully saturated rings. The summed E-state index contributed by atoms with van der Waals surface area (Å²) in [6.45, 7) is 4.11. The van der Waals surface area contributed by atoms with Crippen molar-refractivity contribution in [1.82, 2.24) is 0 Å². The SMILES string of the molecule is CCOc1cccc(NC2=C(c3ccc(F)cc3)C(=O)N(c3cccc(Cl)c3C)C2=O)c1. The molecule has 32 heavy (non-hydrogen) atoms. The van der Waals surface area contributed by atoms with E-state index in [0.29, 0.717) is 39.9 Å². The Kier molecular flexibility index (Phi) is 5.97. The second-order valence-electron chi connectivity index (χ2n) is 7.17. The number of nitrogens with one attached hydrogen (secondary N) is 1. The van der Waals surface area contributed by atoms with Crippen LogP contribution in [0.25, 0.3) is 5.57 Å². The zero-order chi connectivity index (χ0) is 22.8. The Balaban J connectivity index is 1.82. The van der Waals surface area contributed by atoms with Crippen LogP contribution in [0, 0.1) is 12.7 Å². The van der Waals surface area contributed by atoms with Gasteiger partial charge in [-0.1, -0.05) is 35.9 Å². The van der Waals surface area contributed by atoms with E-state index in [1.165, 1.54) is 24.3 Å². The summed E-state index contributed by atoms with van der Waals surface area (Å²) in [5.41, 5.74) is 2.25. The fourth-order valence-electron chi connectivity index (χ4n) is 3.56. The fraction of sp³-hybridized carbons (Fsp3) is 0.120. The Hall–Kier alpha value is -3.64. The van der Waals surface area contributed by atoms with Crippen LogP contribution in [0.15, 0.2) is 72.4 Å². The normalized spacial score (nSPS) is 13.7. The minimum Gasteiger partial charge on any atom is -0.494 e. The molecule has 0 saturated carbocycles. The van der Waals surface area contributed by atoms with Crippen molar-refractivity contribution in [2.24, 2.45) is 0 Å². The molecular weight excluding hydrogens is 431 g/mol. The molecule has 1 heterocycles. The molecule has 0 aliphatic carbocycles. The van der Waals surface area contributed by atoms with E-state index in [1.54, 1.807) is 49.4 Å². The van der Waals surface area contributed by atoms with Gasteiger partial charge in [0.05, 0.1) is 17.9 Å². The molecule has 0 unspecified atom stereocenters.